The number of rotatable bonds is 2. The molecule has 0 fully saturated rings. The maximum Gasteiger partial charge on any atom is 0.420 e. The average molecular weight is 243 g/mol. The van der Waals surface area contributed by atoms with Gasteiger partial charge in [-0.05, 0) is 12.1 Å². The molecule has 1 aromatic carbocycles. The zero-order valence-electron chi connectivity index (χ0n) is 8.46. The fraction of sp³-hybridized carbons (Fsp3) is 0.200. The maximum atomic E-state index is 12.4. The van der Waals surface area contributed by atoms with E-state index in [1.807, 2.05) is 0 Å². The van der Waals surface area contributed by atoms with E-state index in [2.05, 4.69) is 10.3 Å². The van der Waals surface area contributed by atoms with Crippen LogP contribution in [0.1, 0.15) is 11.8 Å². The molecule has 0 aliphatic rings. The summed E-state index contributed by atoms with van der Waals surface area (Å²) >= 11 is 0. The van der Waals surface area contributed by atoms with Gasteiger partial charge in [0, 0.05) is 0 Å². The van der Waals surface area contributed by atoms with Crippen molar-refractivity contribution in [2.75, 3.05) is 0 Å². The molecule has 0 saturated heterocycles. The molecule has 0 saturated carbocycles. The number of nitrogens with zero attached hydrogens (tertiary/aromatic N) is 3. The lowest BCUT2D eigenvalue weighted by Gasteiger charge is -2.15. The van der Waals surface area contributed by atoms with Crippen LogP contribution in [0, 0.1) is 0 Å². The highest BCUT2D eigenvalue weighted by atomic mass is 19.4. The van der Waals surface area contributed by atoms with Crippen molar-refractivity contribution in [3.63, 3.8) is 0 Å². The van der Waals surface area contributed by atoms with Crippen molar-refractivity contribution < 1.29 is 18.3 Å². The minimum atomic E-state index is -4.74. The highest BCUT2D eigenvalue weighted by Gasteiger charge is 2.41. The molecule has 0 amide bonds. The van der Waals surface area contributed by atoms with Gasteiger partial charge in [0.2, 0.25) is 0 Å². The van der Waals surface area contributed by atoms with Gasteiger partial charge in [-0.3, -0.25) is 0 Å². The van der Waals surface area contributed by atoms with Gasteiger partial charge in [0.1, 0.15) is 5.69 Å². The number of alkyl halides is 3. The molecule has 2 aromatic rings. The largest absolute Gasteiger partial charge is 0.420 e. The Morgan fingerprint density at radius 2 is 1.82 bits per heavy atom. The predicted molar refractivity (Wildman–Crippen MR) is 52.4 cm³/mol. The van der Waals surface area contributed by atoms with Crippen LogP contribution >= 0.6 is 0 Å². The third kappa shape index (κ3) is 2.28. The Balaban J connectivity index is 2.43. The van der Waals surface area contributed by atoms with Gasteiger partial charge in [-0.2, -0.15) is 13.2 Å². The van der Waals surface area contributed by atoms with Crippen molar-refractivity contribution in [2.24, 2.45) is 0 Å². The molecule has 1 aromatic heterocycles. The van der Waals surface area contributed by atoms with Gasteiger partial charge < -0.3 is 5.11 Å². The Labute approximate surface area is 94.3 Å². The van der Waals surface area contributed by atoms with Crippen molar-refractivity contribution in [1.82, 2.24) is 15.0 Å². The summed E-state index contributed by atoms with van der Waals surface area (Å²) in [6.07, 6.45) is -6.45. The predicted octanol–water partition coefficient (Wildman–Crippen LogP) is 1.86. The second-order valence-electron chi connectivity index (χ2n) is 3.35. The topological polar surface area (TPSA) is 50.9 Å². The third-order valence-corrected chi connectivity index (χ3v) is 2.17. The molecule has 4 nitrogen and oxygen atoms in total. The van der Waals surface area contributed by atoms with Crippen molar-refractivity contribution in [3.05, 3.63) is 42.2 Å². The summed E-state index contributed by atoms with van der Waals surface area (Å²) in [5, 5.41) is 16.1. The molecule has 90 valence electrons. The Morgan fingerprint density at radius 3 is 2.41 bits per heavy atom. The number of hydrogen-bond acceptors (Lipinski definition) is 3. The van der Waals surface area contributed by atoms with E-state index in [1.165, 1.54) is 0 Å². The van der Waals surface area contributed by atoms with Crippen LogP contribution in [-0.2, 0) is 0 Å². The van der Waals surface area contributed by atoms with Gasteiger partial charge in [0.15, 0.2) is 6.10 Å². The molecule has 1 heterocycles. The first kappa shape index (κ1) is 11.6. The molecule has 7 heteroatoms. The lowest BCUT2D eigenvalue weighted by Crippen LogP contribution is -2.23. The molecule has 17 heavy (non-hydrogen) atoms. The van der Waals surface area contributed by atoms with Crippen LogP contribution in [-0.4, -0.2) is 26.3 Å². The maximum absolute atomic E-state index is 12.4. The zero-order chi connectivity index (χ0) is 12.5. The Bertz CT molecular complexity index is 495. The van der Waals surface area contributed by atoms with Crippen LogP contribution in [0.25, 0.3) is 5.69 Å². The molecule has 1 N–H and O–H groups in total. The van der Waals surface area contributed by atoms with Gasteiger partial charge in [0.05, 0.1) is 11.9 Å². The lowest BCUT2D eigenvalue weighted by atomic mass is 10.2. The Hall–Kier alpha value is -1.89. The van der Waals surface area contributed by atoms with Crippen LogP contribution in [0.2, 0.25) is 0 Å². The number of benzene rings is 1. The van der Waals surface area contributed by atoms with E-state index in [-0.39, 0.29) is 0 Å². The monoisotopic (exact) mass is 243 g/mol. The van der Waals surface area contributed by atoms with Crippen LogP contribution in [0.4, 0.5) is 13.2 Å². The Morgan fingerprint density at radius 1 is 1.18 bits per heavy atom. The molecule has 0 spiro atoms. The van der Waals surface area contributed by atoms with Crippen molar-refractivity contribution in [1.29, 1.82) is 0 Å². The molecular formula is C10H8F3N3O. The lowest BCUT2D eigenvalue weighted by molar-refractivity contribution is -0.208. The molecule has 2 rings (SSSR count). The number of aliphatic hydroxyl groups is 1. The van der Waals surface area contributed by atoms with Crippen molar-refractivity contribution in [2.45, 2.75) is 12.3 Å². The van der Waals surface area contributed by atoms with Crippen LogP contribution in [0.5, 0.6) is 0 Å². The third-order valence-electron chi connectivity index (χ3n) is 2.17. The molecule has 0 aliphatic heterocycles. The van der Waals surface area contributed by atoms with Gasteiger partial charge in [-0.1, -0.05) is 23.4 Å². The first-order valence-corrected chi connectivity index (χ1v) is 4.71. The fourth-order valence-corrected chi connectivity index (χ4v) is 1.37. The van der Waals surface area contributed by atoms with Crippen molar-refractivity contribution >= 4 is 0 Å². The quantitative estimate of drug-likeness (QED) is 0.875. The van der Waals surface area contributed by atoms with Crippen LogP contribution < -0.4 is 0 Å². The van der Waals surface area contributed by atoms with Crippen molar-refractivity contribution in [3.8, 4) is 5.69 Å². The summed E-state index contributed by atoms with van der Waals surface area (Å²) in [7, 11) is 0. The van der Waals surface area contributed by atoms with Gasteiger partial charge in [-0.25, -0.2) is 4.68 Å². The number of aliphatic hydroxyl groups excluding tert-OH is 1. The number of hydrogen-bond donors (Lipinski definition) is 1. The molecule has 0 aliphatic carbocycles. The summed E-state index contributed by atoms with van der Waals surface area (Å²) in [5.41, 5.74) is -0.00741. The van der Waals surface area contributed by atoms with E-state index in [4.69, 9.17) is 5.11 Å². The molecule has 0 radical (unpaired) electrons. The van der Waals surface area contributed by atoms with Crippen LogP contribution in [0.3, 0.4) is 0 Å². The summed E-state index contributed by atoms with van der Waals surface area (Å²) in [6, 6.07) is 8.17. The fourth-order valence-electron chi connectivity index (χ4n) is 1.37. The van der Waals surface area contributed by atoms with Crippen LogP contribution in [0.15, 0.2) is 36.5 Å². The van der Waals surface area contributed by atoms with Gasteiger partial charge >= 0.3 is 6.18 Å². The summed E-state index contributed by atoms with van der Waals surface area (Å²) in [4.78, 5) is 0. The Kier molecular flexibility index (Phi) is 2.84. The summed E-state index contributed by atoms with van der Waals surface area (Å²) < 4.78 is 38.1. The van der Waals surface area contributed by atoms with Gasteiger partial charge in [0.25, 0.3) is 0 Å². The summed E-state index contributed by atoms with van der Waals surface area (Å²) in [6.45, 7) is 0. The second-order valence-corrected chi connectivity index (χ2v) is 3.35. The SMILES string of the molecule is OC(c1cnnn1-c1ccccc1)C(F)(F)F. The molecular weight excluding hydrogens is 235 g/mol. The van der Waals surface area contributed by atoms with E-state index >= 15 is 0 Å². The average Bonchev–Trinajstić information content (AvgIpc) is 2.76. The first-order chi connectivity index (χ1) is 8.00. The van der Waals surface area contributed by atoms with E-state index in [1.54, 1.807) is 30.3 Å². The number of halogens is 3. The molecule has 1 atom stereocenters. The number of aromatic nitrogens is 3. The van der Waals surface area contributed by atoms with E-state index in [0.717, 1.165) is 10.9 Å². The summed E-state index contributed by atoms with van der Waals surface area (Å²) in [5.74, 6) is 0. The first-order valence-electron chi connectivity index (χ1n) is 4.71. The minimum Gasteiger partial charge on any atom is -0.378 e. The highest BCUT2D eigenvalue weighted by Crippen LogP contribution is 2.32. The highest BCUT2D eigenvalue weighted by molar-refractivity contribution is 5.32. The number of para-hydroxylation sites is 1. The van der Waals surface area contributed by atoms with E-state index in [9.17, 15) is 13.2 Å². The van der Waals surface area contributed by atoms with Gasteiger partial charge in [-0.15, -0.1) is 5.10 Å². The minimum absolute atomic E-state index is 0.406. The zero-order valence-corrected chi connectivity index (χ0v) is 8.46. The van der Waals surface area contributed by atoms with E-state index < -0.39 is 18.0 Å². The second kappa shape index (κ2) is 4.17. The van der Waals surface area contributed by atoms with E-state index in [0.29, 0.717) is 5.69 Å². The smallest absolute Gasteiger partial charge is 0.378 e. The normalized spacial score (nSPS) is 13.6. The molecule has 0 bridgehead atoms. The standard InChI is InChI=1S/C10H8F3N3O/c11-10(12,13)9(17)8-6-14-15-16(8)7-4-2-1-3-5-7/h1-6,9,17H. The molecule has 1 unspecified atom stereocenters.